The first kappa shape index (κ1) is 20.8. The molecule has 0 unspecified atom stereocenters. The van der Waals surface area contributed by atoms with E-state index in [0.29, 0.717) is 38.8 Å². The number of imidazole rings is 1. The number of imide groups is 1. The van der Waals surface area contributed by atoms with Crippen LogP contribution in [0.3, 0.4) is 0 Å². The van der Waals surface area contributed by atoms with Crippen LogP contribution in [0.2, 0.25) is 0 Å². The largest absolute Gasteiger partial charge is 0.323 e. The molecule has 4 aromatic rings. The molecule has 2 amide bonds. The third kappa shape index (κ3) is 3.42. The highest BCUT2D eigenvalue weighted by Gasteiger charge is 2.35. The van der Waals surface area contributed by atoms with Crippen LogP contribution in [-0.2, 0) is 0 Å². The lowest BCUT2D eigenvalue weighted by Crippen LogP contribution is -2.40. The van der Waals surface area contributed by atoms with E-state index in [-0.39, 0.29) is 17.5 Å². The molecule has 0 saturated heterocycles. The second kappa shape index (κ2) is 8.10. The van der Waals surface area contributed by atoms with Crippen LogP contribution in [0.5, 0.6) is 0 Å². The van der Waals surface area contributed by atoms with Gasteiger partial charge in [0.15, 0.2) is 0 Å². The lowest BCUT2D eigenvalue weighted by Gasteiger charge is -2.28. The molecule has 0 aliphatic carbocycles. The Bertz CT molecular complexity index is 1540. The molecule has 2 N–H and O–H groups in total. The van der Waals surface area contributed by atoms with Gasteiger partial charge in [0.2, 0.25) is 0 Å². The summed E-state index contributed by atoms with van der Waals surface area (Å²) < 4.78 is 0. The molecule has 1 aliphatic heterocycles. The van der Waals surface area contributed by atoms with Crippen molar-refractivity contribution >= 4 is 39.3 Å². The Morgan fingerprint density at radius 3 is 2.39 bits per heavy atom. The number of aromatic nitrogens is 2. The average Bonchev–Trinajstić information content (AvgIpc) is 3.16. The van der Waals surface area contributed by atoms with E-state index in [1.165, 1.54) is 4.90 Å². The van der Waals surface area contributed by atoms with Crippen molar-refractivity contribution in [2.24, 2.45) is 0 Å². The van der Waals surface area contributed by atoms with Crippen molar-refractivity contribution in [1.82, 2.24) is 9.97 Å². The minimum atomic E-state index is -0.383. The van der Waals surface area contributed by atoms with Crippen LogP contribution in [0.25, 0.3) is 21.8 Å². The number of hydrogen-bond donors (Lipinski definition) is 2. The van der Waals surface area contributed by atoms with Crippen LogP contribution in [0, 0.1) is 18.8 Å². The summed E-state index contributed by atoms with van der Waals surface area (Å²) in [6.45, 7) is 3.97. The molecule has 1 aromatic heterocycles. The van der Waals surface area contributed by atoms with Gasteiger partial charge in [-0.15, -0.1) is 0 Å². The Hall–Kier alpha value is -4.11. The van der Waals surface area contributed by atoms with Gasteiger partial charge in [-0.05, 0) is 54.6 Å². The van der Waals surface area contributed by atoms with Crippen LogP contribution in [0.15, 0.2) is 47.3 Å². The summed E-state index contributed by atoms with van der Waals surface area (Å²) in [5.74, 6) is 5.69. The number of fused-ring (bicyclic) bond motifs is 1. The van der Waals surface area contributed by atoms with Gasteiger partial charge in [0, 0.05) is 28.5 Å². The van der Waals surface area contributed by atoms with Gasteiger partial charge >= 0.3 is 5.69 Å². The summed E-state index contributed by atoms with van der Waals surface area (Å²) in [6, 6.07) is 12.5. The van der Waals surface area contributed by atoms with Crippen molar-refractivity contribution in [3.63, 3.8) is 0 Å². The lowest BCUT2D eigenvalue weighted by atomic mass is 9.90. The molecule has 0 radical (unpaired) electrons. The third-order valence-corrected chi connectivity index (χ3v) is 6.11. The molecule has 164 valence electrons. The number of aryl methyl sites for hydroxylation is 1. The summed E-state index contributed by atoms with van der Waals surface area (Å²) >= 11 is 0. The molecule has 6 nitrogen and oxygen atoms in total. The molecule has 0 spiro atoms. The van der Waals surface area contributed by atoms with Crippen LogP contribution < -0.4 is 10.6 Å². The number of H-pyrrole nitrogens is 2. The normalized spacial score (nSPS) is 13.0. The number of carbonyl (C=O) groups excluding carboxylic acids is 2. The molecular formula is C27H23N3O3. The highest BCUT2D eigenvalue weighted by atomic mass is 16.2. The van der Waals surface area contributed by atoms with E-state index < -0.39 is 0 Å². The van der Waals surface area contributed by atoms with Crippen LogP contribution in [-0.4, -0.2) is 21.8 Å². The maximum Gasteiger partial charge on any atom is 0.323 e. The lowest BCUT2D eigenvalue weighted by molar-refractivity contribution is 0.0893. The zero-order valence-electron chi connectivity index (χ0n) is 18.5. The van der Waals surface area contributed by atoms with Gasteiger partial charge in [-0.1, -0.05) is 43.7 Å². The summed E-state index contributed by atoms with van der Waals surface area (Å²) in [7, 11) is 0. The Morgan fingerprint density at radius 2 is 1.64 bits per heavy atom. The van der Waals surface area contributed by atoms with Gasteiger partial charge in [-0.25, -0.2) is 9.69 Å². The fourth-order valence-corrected chi connectivity index (χ4v) is 4.47. The van der Waals surface area contributed by atoms with Crippen molar-refractivity contribution in [2.45, 2.75) is 39.5 Å². The van der Waals surface area contributed by atoms with Crippen LogP contribution in [0.4, 0.5) is 5.69 Å². The summed E-state index contributed by atoms with van der Waals surface area (Å²) in [5.41, 5.74) is 3.76. The topological polar surface area (TPSA) is 86.0 Å². The number of amides is 2. The molecule has 33 heavy (non-hydrogen) atoms. The van der Waals surface area contributed by atoms with E-state index in [9.17, 15) is 14.4 Å². The van der Waals surface area contributed by atoms with Gasteiger partial charge in [-0.2, -0.15) is 0 Å². The van der Waals surface area contributed by atoms with Crippen molar-refractivity contribution in [3.8, 4) is 11.8 Å². The van der Waals surface area contributed by atoms with E-state index in [2.05, 4.69) is 28.7 Å². The number of carbonyl (C=O) groups is 2. The number of nitrogens with zero attached hydrogens (tertiary/aromatic N) is 1. The van der Waals surface area contributed by atoms with E-state index in [1.54, 1.807) is 24.3 Å². The fraction of sp³-hybridized carbons (Fsp3) is 0.222. The van der Waals surface area contributed by atoms with Crippen LogP contribution >= 0.6 is 0 Å². The summed E-state index contributed by atoms with van der Waals surface area (Å²) in [5, 5.41) is 1.47. The standard InChI is InChI=1S/C27H23N3O3/c1-3-4-5-6-7-9-17-12-13-20-24-18(17)10-8-11-19(24)25(31)30(26(20)32)23-15-22-21(14-16(23)2)28-27(33)29-22/h8,10-15H,3-6H2,1-2H3,(H2,28,29,33). The highest BCUT2D eigenvalue weighted by Crippen LogP contribution is 2.36. The third-order valence-electron chi connectivity index (χ3n) is 6.11. The Balaban J connectivity index is 1.62. The second-order valence-corrected chi connectivity index (χ2v) is 8.36. The first-order valence-electron chi connectivity index (χ1n) is 11.2. The van der Waals surface area contributed by atoms with Gasteiger partial charge in [-0.3, -0.25) is 9.59 Å². The number of nitrogens with one attached hydrogen (secondary N) is 2. The van der Waals surface area contributed by atoms with Crippen molar-refractivity contribution in [3.05, 3.63) is 75.2 Å². The van der Waals surface area contributed by atoms with Gasteiger partial charge in [0.05, 0.1) is 16.7 Å². The molecule has 0 bridgehead atoms. The van der Waals surface area contributed by atoms with Crippen molar-refractivity contribution < 1.29 is 9.59 Å². The molecule has 0 atom stereocenters. The molecule has 0 fully saturated rings. The maximum absolute atomic E-state index is 13.5. The summed E-state index contributed by atoms with van der Waals surface area (Å²) in [6.07, 6.45) is 4.19. The number of unbranched alkanes of at least 4 members (excludes halogenated alkanes) is 3. The molecular weight excluding hydrogens is 414 g/mol. The first-order valence-corrected chi connectivity index (χ1v) is 11.2. The Kier molecular flexibility index (Phi) is 5.10. The predicted molar refractivity (Wildman–Crippen MR) is 130 cm³/mol. The number of anilines is 1. The summed E-state index contributed by atoms with van der Waals surface area (Å²) in [4.78, 5) is 45.4. The second-order valence-electron chi connectivity index (χ2n) is 8.36. The molecule has 5 rings (SSSR count). The number of benzene rings is 3. The SMILES string of the molecule is CCCCCC#Cc1ccc2c3c(cccc13)C(=O)N(c1cc3[nH]c(=O)[nH]c3cc1C)C2=O. The quantitative estimate of drug-likeness (QED) is 0.266. The predicted octanol–water partition coefficient (Wildman–Crippen LogP) is 5.05. The van der Waals surface area contributed by atoms with Crippen molar-refractivity contribution in [1.29, 1.82) is 0 Å². The average molecular weight is 437 g/mol. The molecule has 3 aromatic carbocycles. The van der Waals surface area contributed by atoms with Gasteiger partial charge in [0.25, 0.3) is 11.8 Å². The maximum atomic E-state index is 13.5. The van der Waals surface area contributed by atoms with Crippen molar-refractivity contribution in [2.75, 3.05) is 4.90 Å². The Morgan fingerprint density at radius 1 is 0.909 bits per heavy atom. The minimum Gasteiger partial charge on any atom is -0.306 e. The monoisotopic (exact) mass is 437 g/mol. The molecule has 0 saturated carbocycles. The van der Waals surface area contributed by atoms with E-state index >= 15 is 0 Å². The van der Waals surface area contributed by atoms with Crippen LogP contribution in [0.1, 0.15) is 64.4 Å². The highest BCUT2D eigenvalue weighted by molar-refractivity contribution is 6.36. The number of aromatic amines is 2. The smallest absolute Gasteiger partial charge is 0.306 e. The molecule has 6 heteroatoms. The van der Waals surface area contributed by atoms with E-state index in [1.807, 2.05) is 25.1 Å². The minimum absolute atomic E-state index is 0.337. The number of rotatable bonds is 4. The Labute approximate surface area is 190 Å². The fourth-order valence-electron chi connectivity index (χ4n) is 4.47. The molecule has 2 heterocycles. The van der Waals surface area contributed by atoms with Gasteiger partial charge < -0.3 is 9.97 Å². The zero-order chi connectivity index (χ0) is 23.1. The zero-order valence-corrected chi connectivity index (χ0v) is 18.5. The van der Waals surface area contributed by atoms with Gasteiger partial charge in [0.1, 0.15) is 0 Å². The number of hydrogen-bond acceptors (Lipinski definition) is 3. The molecule has 1 aliphatic rings. The first-order chi connectivity index (χ1) is 16.0. The van der Waals surface area contributed by atoms with E-state index in [0.717, 1.165) is 36.6 Å². The van der Waals surface area contributed by atoms with E-state index in [4.69, 9.17) is 0 Å².